The van der Waals surface area contributed by atoms with Gasteiger partial charge < -0.3 is 5.11 Å². The summed E-state index contributed by atoms with van der Waals surface area (Å²) in [4.78, 5) is 0. The highest BCUT2D eigenvalue weighted by molar-refractivity contribution is 5.25. The Labute approximate surface area is 193 Å². The van der Waals surface area contributed by atoms with Crippen molar-refractivity contribution in [2.75, 3.05) is 0 Å². The fourth-order valence-electron chi connectivity index (χ4n) is 8.86. The first-order valence-electron chi connectivity index (χ1n) is 13.3. The Morgan fingerprint density at radius 2 is 1.65 bits per heavy atom. The lowest BCUT2D eigenvalue weighted by Crippen LogP contribution is -2.54. The molecule has 6 atom stereocenters. The average molecular weight is 427 g/mol. The van der Waals surface area contributed by atoms with Crippen molar-refractivity contribution in [1.82, 2.24) is 0 Å². The molecule has 0 aliphatic heterocycles. The first kappa shape index (κ1) is 23.6. The van der Waals surface area contributed by atoms with Crippen LogP contribution in [0.3, 0.4) is 0 Å². The molecular formula is C30H50O. The van der Waals surface area contributed by atoms with Crippen LogP contribution in [0.2, 0.25) is 0 Å². The number of rotatable bonds is 3. The summed E-state index contributed by atoms with van der Waals surface area (Å²) in [6.45, 7) is 21.9. The van der Waals surface area contributed by atoms with Crippen LogP contribution >= 0.6 is 0 Å². The van der Waals surface area contributed by atoms with Gasteiger partial charge in [0.15, 0.2) is 0 Å². The van der Waals surface area contributed by atoms with Crippen molar-refractivity contribution >= 4 is 0 Å². The van der Waals surface area contributed by atoms with Gasteiger partial charge in [0.2, 0.25) is 0 Å². The summed E-state index contributed by atoms with van der Waals surface area (Å²) in [6.07, 6.45) is 13.8. The summed E-state index contributed by atoms with van der Waals surface area (Å²) >= 11 is 0. The Morgan fingerprint density at radius 1 is 0.935 bits per heavy atom. The molecule has 0 saturated heterocycles. The quantitative estimate of drug-likeness (QED) is 0.449. The van der Waals surface area contributed by atoms with Gasteiger partial charge in [0.1, 0.15) is 0 Å². The van der Waals surface area contributed by atoms with Crippen molar-refractivity contribution in [2.45, 2.75) is 125 Å². The van der Waals surface area contributed by atoms with Crippen molar-refractivity contribution in [2.24, 2.45) is 39.4 Å². The van der Waals surface area contributed by atoms with Crippen LogP contribution in [0, 0.1) is 39.4 Å². The largest absolute Gasteiger partial charge is 0.393 e. The van der Waals surface area contributed by atoms with Gasteiger partial charge in [0, 0.05) is 0 Å². The van der Waals surface area contributed by atoms with Gasteiger partial charge in [-0.3, -0.25) is 0 Å². The molecule has 0 radical (unpaired) electrons. The van der Waals surface area contributed by atoms with Crippen molar-refractivity contribution < 1.29 is 5.11 Å². The van der Waals surface area contributed by atoms with Crippen LogP contribution < -0.4 is 0 Å². The average Bonchev–Trinajstić information content (AvgIpc) is 2.67. The maximum atomic E-state index is 10.8. The molecule has 0 aromatic heterocycles. The molecule has 0 spiro atoms. The minimum absolute atomic E-state index is 0.0257. The van der Waals surface area contributed by atoms with Gasteiger partial charge in [0.25, 0.3) is 0 Å². The Hall–Kier alpha value is -0.560. The predicted octanol–water partition coefficient (Wildman–Crippen LogP) is 8.48. The Morgan fingerprint density at radius 3 is 2.35 bits per heavy atom. The van der Waals surface area contributed by atoms with E-state index < -0.39 is 0 Å². The molecule has 4 rings (SSSR count). The number of fused-ring (bicyclic) bond motifs is 2. The highest BCUT2D eigenvalue weighted by atomic mass is 16.3. The van der Waals surface area contributed by atoms with E-state index in [9.17, 15) is 5.11 Å². The van der Waals surface area contributed by atoms with Crippen LogP contribution in [-0.2, 0) is 0 Å². The molecule has 4 aliphatic carbocycles. The summed E-state index contributed by atoms with van der Waals surface area (Å²) in [6, 6.07) is 0. The van der Waals surface area contributed by atoms with E-state index in [0.717, 1.165) is 25.2 Å². The second-order valence-corrected chi connectivity index (χ2v) is 14.1. The third-order valence-electron chi connectivity index (χ3n) is 11.3. The molecule has 0 amide bonds. The van der Waals surface area contributed by atoms with Crippen LogP contribution in [0.25, 0.3) is 0 Å². The van der Waals surface area contributed by atoms with Crippen LogP contribution in [0.5, 0.6) is 0 Å². The molecule has 0 aromatic rings. The SMILES string of the molecule is C=C1CCC2C(C)(C)[C@H](O)CC[C@]2(C)C1CCC1=C(C)CC[C@@]2(C)CCC(C)(C)C[C@H]12. The van der Waals surface area contributed by atoms with E-state index in [1.807, 2.05) is 5.57 Å². The van der Waals surface area contributed by atoms with Gasteiger partial charge in [-0.2, -0.15) is 0 Å². The predicted molar refractivity (Wildman–Crippen MR) is 133 cm³/mol. The topological polar surface area (TPSA) is 20.2 Å². The third-order valence-corrected chi connectivity index (χ3v) is 11.3. The van der Waals surface area contributed by atoms with E-state index in [4.69, 9.17) is 0 Å². The Kier molecular flexibility index (Phi) is 5.90. The summed E-state index contributed by atoms with van der Waals surface area (Å²) in [5.41, 5.74) is 6.39. The molecular weight excluding hydrogens is 376 g/mol. The maximum Gasteiger partial charge on any atom is 0.0594 e. The van der Waals surface area contributed by atoms with Gasteiger partial charge in [-0.05, 0) is 117 Å². The summed E-state index contributed by atoms with van der Waals surface area (Å²) < 4.78 is 0. The number of aliphatic hydroxyl groups is 1. The second-order valence-electron chi connectivity index (χ2n) is 14.1. The molecule has 4 aliphatic rings. The summed E-state index contributed by atoms with van der Waals surface area (Å²) in [7, 11) is 0. The molecule has 3 saturated carbocycles. The Bertz CT molecular complexity index is 754. The number of aliphatic hydroxyl groups excluding tert-OH is 1. The zero-order valence-electron chi connectivity index (χ0n) is 21.7. The number of hydrogen-bond acceptors (Lipinski definition) is 1. The van der Waals surface area contributed by atoms with E-state index >= 15 is 0 Å². The highest BCUT2D eigenvalue weighted by Crippen LogP contribution is 2.63. The summed E-state index contributed by atoms with van der Waals surface area (Å²) in [5, 5.41) is 10.8. The molecule has 2 unspecified atom stereocenters. The molecule has 0 heterocycles. The third kappa shape index (κ3) is 3.89. The number of allylic oxidation sites excluding steroid dienone is 3. The fourth-order valence-corrected chi connectivity index (χ4v) is 8.86. The normalized spacial score (nSPS) is 44.6. The van der Waals surface area contributed by atoms with Gasteiger partial charge in [-0.15, -0.1) is 0 Å². The van der Waals surface area contributed by atoms with Gasteiger partial charge in [0.05, 0.1) is 6.10 Å². The van der Waals surface area contributed by atoms with Crippen molar-refractivity contribution in [3.8, 4) is 0 Å². The van der Waals surface area contributed by atoms with Gasteiger partial charge in [-0.1, -0.05) is 64.8 Å². The minimum Gasteiger partial charge on any atom is -0.393 e. The minimum atomic E-state index is -0.147. The van der Waals surface area contributed by atoms with Crippen LogP contribution in [0.15, 0.2) is 23.3 Å². The number of hydrogen-bond donors (Lipinski definition) is 1. The zero-order chi connectivity index (χ0) is 22.8. The molecule has 1 nitrogen and oxygen atoms in total. The van der Waals surface area contributed by atoms with E-state index in [0.29, 0.717) is 28.1 Å². The summed E-state index contributed by atoms with van der Waals surface area (Å²) in [5.74, 6) is 2.01. The van der Waals surface area contributed by atoms with E-state index in [1.165, 1.54) is 56.9 Å². The smallest absolute Gasteiger partial charge is 0.0594 e. The van der Waals surface area contributed by atoms with Crippen LogP contribution in [0.1, 0.15) is 119 Å². The lowest BCUT2D eigenvalue weighted by Gasteiger charge is -2.59. The first-order chi connectivity index (χ1) is 14.3. The molecule has 0 bridgehead atoms. The van der Waals surface area contributed by atoms with Crippen molar-refractivity contribution in [3.05, 3.63) is 23.3 Å². The molecule has 3 fully saturated rings. The van der Waals surface area contributed by atoms with E-state index in [2.05, 4.69) is 55.0 Å². The van der Waals surface area contributed by atoms with Crippen LogP contribution in [-0.4, -0.2) is 11.2 Å². The van der Waals surface area contributed by atoms with Crippen molar-refractivity contribution in [1.29, 1.82) is 0 Å². The highest BCUT2D eigenvalue weighted by Gasteiger charge is 2.56. The monoisotopic (exact) mass is 426 g/mol. The molecule has 1 heteroatoms. The van der Waals surface area contributed by atoms with Crippen molar-refractivity contribution in [3.63, 3.8) is 0 Å². The lowest BCUT2D eigenvalue weighted by molar-refractivity contribution is -0.125. The standard InChI is InChI=1S/C30H50O/c1-20-13-15-29(7)18-17-27(3,4)19-24(29)22(20)10-11-23-21(2)9-12-25-28(5,6)26(31)14-16-30(23,25)8/h23-26,31H,2,9-19H2,1,3-8H3/t23?,24-,25?,26-,29+,30-/m1/s1. The molecule has 176 valence electrons. The zero-order valence-corrected chi connectivity index (χ0v) is 21.7. The van der Waals surface area contributed by atoms with E-state index in [1.54, 1.807) is 5.57 Å². The lowest BCUT2D eigenvalue weighted by atomic mass is 9.46. The van der Waals surface area contributed by atoms with E-state index in [-0.39, 0.29) is 11.5 Å². The molecule has 0 aromatic carbocycles. The van der Waals surface area contributed by atoms with Gasteiger partial charge >= 0.3 is 0 Å². The Balaban J connectivity index is 1.58. The molecule has 1 N–H and O–H groups in total. The fraction of sp³-hybridized carbons (Fsp3) is 0.867. The van der Waals surface area contributed by atoms with Crippen LogP contribution in [0.4, 0.5) is 0 Å². The second kappa shape index (κ2) is 7.75. The molecule has 31 heavy (non-hydrogen) atoms. The van der Waals surface area contributed by atoms with Gasteiger partial charge in [-0.25, -0.2) is 0 Å². The first-order valence-corrected chi connectivity index (χ1v) is 13.3. The maximum absolute atomic E-state index is 10.8.